The van der Waals surface area contributed by atoms with E-state index in [1.807, 2.05) is 0 Å². The maximum absolute atomic E-state index is 5.12. The molecule has 1 saturated heterocycles. The van der Waals surface area contributed by atoms with E-state index >= 15 is 0 Å². The summed E-state index contributed by atoms with van der Waals surface area (Å²) in [5.41, 5.74) is 0. The number of hydrogen-bond donors (Lipinski definition) is 0. The molecule has 0 unspecified atom stereocenters. The third-order valence-electron chi connectivity index (χ3n) is 0.979. The molecular formula is C6H10Cl4O. The predicted molar refractivity (Wildman–Crippen MR) is 51.1 cm³/mol. The second-order valence-electron chi connectivity index (χ2n) is 2.07. The topological polar surface area (TPSA) is 9.23 Å². The molecule has 1 rings (SSSR count). The fourth-order valence-electron chi connectivity index (χ4n) is 0.510. The van der Waals surface area contributed by atoms with Gasteiger partial charge in [0.05, 0.1) is 5.88 Å². The molecule has 5 heteroatoms. The van der Waals surface area contributed by atoms with E-state index in [9.17, 15) is 0 Å². The van der Waals surface area contributed by atoms with Crippen LogP contribution in [0.2, 0.25) is 0 Å². The molecule has 1 aliphatic heterocycles. The first kappa shape index (κ1) is 12.1. The van der Waals surface area contributed by atoms with Gasteiger partial charge in [-0.1, -0.05) is 34.8 Å². The van der Waals surface area contributed by atoms with Crippen LogP contribution in [0.3, 0.4) is 0 Å². The highest BCUT2D eigenvalue weighted by Crippen LogP contribution is 2.26. The van der Waals surface area contributed by atoms with E-state index in [-0.39, 0.29) is 5.88 Å². The third-order valence-corrected chi connectivity index (χ3v) is 2.19. The molecule has 0 saturated carbocycles. The van der Waals surface area contributed by atoms with Crippen LogP contribution >= 0.6 is 46.4 Å². The Hall–Kier alpha value is 1.12. The van der Waals surface area contributed by atoms with E-state index in [2.05, 4.69) is 0 Å². The van der Waals surface area contributed by atoms with Gasteiger partial charge in [-0.25, -0.2) is 0 Å². The Balaban J connectivity index is 0.000000183. The van der Waals surface area contributed by atoms with Gasteiger partial charge in [-0.3, -0.25) is 0 Å². The van der Waals surface area contributed by atoms with Crippen LogP contribution in [-0.4, -0.2) is 22.9 Å². The van der Waals surface area contributed by atoms with E-state index in [1.165, 1.54) is 12.8 Å². The van der Waals surface area contributed by atoms with Crippen LogP contribution in [-0.2, 0) is 4.74 Å². The highest BCUT2D eigenvalue weighted by Gasteiger charge is 2.16. The van der Waals surface area contributed by atoms with Crippen LogP contribution in [0.15, 0.2) is 0 Å². The van der Waals surface area contributed by atoms with E-state index in [0.717, 1.165) is 13.2 Å². The average molecular weight is 240 g/mol. The van der Waals surface area contributed by atoms with Crippen LogP contribution in [0.1, 0.15) is 12.8 Å². The van der Waals surface area contributed by atoms with Crippen molar-refractivity contribution in [2.24, 2.45) is 0 Å². The smallest absolute Gasteiger partial charge is 0.203 e. The summed E-state index contributed by atoms with van der Waals surface area (Å²) in [6, 6.07) is 0. The van der Waals surface area contributed by atoms with Crippen molar-refractivity contribution in [3.05, 3.63) is 0 Å². The lowest BCUT2D eigenvalue weighted by molar-refractivity contribution is 0.198. The quantitative estimate of drug-likeness (QED) is 0.589. The summed E-state index contributed by atoms with van der Waals surface area (Å²) in [5, 5.41) is 0. The van der Waals surface area contributed by atoms with Gasteiger partial charge in [-0.15, -0.1) is 11.6 Å². The van der Waals surface area contributed by atoms with Crippen LogP contribution < -0.4 is 0 Å². The molecule has 11 heavy (non-hydrogen) atoms. The molecule has 0 aromatic heterocycles. The van der Waals surface area contributed by atoms with Gasteiger partial charge in [-0.2, -0.15) is 0 Å². The molecule has 68 valence electrons. The van der Waals surface area contributed by atoms with Crippen LogP contribution in [0, 0.1) is 0 Å². The van der Waals surface area contributed by atoms with Gasteiger partial charge in [0.25, 0.3) is 0 Å². The monoisotopic (exact) mass is 238 g/mol. The van der Waals surface area contributed by atoms with Gasteiger partial charge in [0.1, 0.15) is 0 Å². The predicted octanol–water partition coefficient (Wildman–Crippen LogP) is 3.39. The first-order valence-electron chi connectivity index (χ1n) is 3.27. The van der Waals surface area contributed by atoms with Crippen LogP contribution in [0.25, 0.3) is 0 Å². The Morgan fingerprint density at radius 1 is 1.09 bits per heavy atom. The van der Waals surface area contributed by atoms with Crippen molar-refractivity contribution in [2.75, 3.05) is 19.1 Å². The Bertz CT molecular complexity index is 79.5. The van der Waals surface area contributed by atoms with Crippen molar-refractivity contribution in [1.29, 1.82) is 0 Å². The summed E-state index contributed by atoms with van der Waals surface area (Å²) in [5.74, 6) is 0.0394. The second-order valence-corrected chi connectivity index (χ2v) is 4.85. The van der Waals surface area contributed by atoms with Crippen molar-refractivity contribution in [3.8, 4) is 0 Å². The van der Waals surface area contributed by atoms with Crippen molar-refractivity contribution >= 4 is 46.4 Å². The van der Waals surface area contributed by atoms with E-state index in [4.69, 9.17) is 51.1 Å². The van der Waals surface area contributed by atoms with Crippen molar-refractivity contribution in [3.63, 3.8) is 0 Å². The second kappa shape index (κ2) is 6.62. The fraction of sp³-hybridized carbons (Fsp3) is 1.00. The number of alkyl halides is 4. The number of halogens is 4. The van der Waals surface area contributed by atoms with Gasteiger partial charge in [0.2, 0.25) is 3.79 Å². The highest BCUT2D eigenvalue weighted by molar-refractivity contribution is 6.69. The largest absolute Gasteiger partial charge is 0.381 e. The normalized spacial score (nSPS) is 17.5. The Morgan fingerprint density at radius 2 is 1.45 bits per heavy atom. The first-order valence-corrected chi connectivity index (χ1v) is 4.93. The van der Waals surface area contributed by atoms with E-state index in [1.54, 1.807) is 0 Å². The number of ether oxygens (including phenoxy) is 1. The van der Waals surface area contributed by atoms with Gasteiger partial charge in [0.15, 0.2) is 0 Å². The van der Waals surface area contributed by atoms with Crippen molar-refractivity contribution in [2.45, 2.75) is 16.6 Å². The average Bonchev–Trinajstić information content (AvgIpc) is 2.41. The maximum atomic E-state index is 5.12. The lowest BCUT2D eigenvalue weighted by Gasteiger charge is -2.00. The standard InChI is InChI=1S/C4H8O.C2H2Cl4/c1-2-4-5-3-1;3-1-2(4,5)6/h1-4H2;1H2. The zero-order valence-electron chi connectivity index (χ0n) is 5.96. The first-order chi connectivity index (χ1) is 5.06. The lowest BCUT2D eigenvalue weighted by atomic mass is 10.4. The minimum Gasteiger partial charge on any atom is -0.381 e. The fourth-order valence-corrected chi connectivity index (χ4v) is 0.510. The molecule has 0 bridgehead atoms. The third kappa shape index (κ3) is 11.1. The molecule has 0 N–H and O–H groups in total. The molecule has 1 nitrogen and oxygen atoms in total. The number of rotatable bonds is 0. The van der Waals surface area contributed by atoms with Crippen molar-refractivity contribution < 1.29 is 4.74 Å². The van der Waals surface area contributed by atoms with Crippen molar-refractivity contribution in [1.82, 2.24) is 0 Å². The molecule has 0 radical (unpaired) electrons. The summed E-state index contributed by atoms with van der Waals surface area (Å²) in [4.78, 5) is 0. The van der Waals surface area contributed by atoms with Crippen LogP contribution in [0.4, 0.5) is 0 Å². The van der Waals surface area contributed by atoms with Gasteiger partial charge >= 0.3 is 0 Å². The van der Waals surface area contributed by atoms with E-state index < -0.39 is 3.79 Å². The van der Waals surface area contributed by atoms with Crippen LogP contribution in [0.5, 0.6) is 0 Å². The molecular weight excluding hydrogens is 230 g/mol. The summed E-state index contributed by atoms with van der Waals surface area (Å²) in [7, 11) is 0. The molecule has 0 aromatic rings. The minimum atomic E-state index is -1.28. The maximum Gasteiger partial charge on any atom is 0.203 e. The Kier molecular flexibility index (Phi) is 7.29. The molecule has 0 aromatic carbocycles. The number of hydrogen-bond acceptors (Lipinski definition) is 1. The Labute approximate surface area is 86.9 Å². The zero-order chi connectivity index (χ0) is 8.74. The molecule has 0 spiro atoms. The molecule has 0 amide bonds. The summed E-state index contributed by atoms with van der Waals surface area (Å²) >= 11 is 20.4. The molecule has 0 aliphatic carbocycles. The van der Waals surface area contributed by atoms with Gasteiger partial charge in [0, 0.05) is 13.2 Å². The molecule has 0 atom stereocenters. The van der Waals surface area contributed by atoms with E-state index in [0.29, 0.717) is 0 Å². The SMILES string of the molecule is C1CCOC1.ClCC(Cl)(Cl)Cl. The summed E-state index contributed by atoms with van der Waals surface area (Å²) in [6.45, 7) is 2.00. The van der Waals surface area contributed by atoms with Gasteiger partial charge < -0.3 is 4.74 Å². The molecule has 1 fully saturated rings. The lowest BCUT2D eigenvalue weighted by Crippen LogP contribution is -2.01. The summed E-state index contributed by atoms with van der Waals surface area (Å²) in [6.07, 6.45) is 2.56. The minimum absolute atomic E-state index is 0.0394. The molecule has 1 heterocycles. The van der Waals surface area contributed by atoms with Gasteiger partial charge in [-0.05, 0) is 12.8 Å². The summed E-state index contributed by atoms with van der Waals surface area (Å²) < 4.78 is 3.67. The Morgan fingerprint density at radius 3 is 1.55 bits per heavy atom. The molecule has 1 aliphatic rings. The zero-order valence-corrected chi connectivity index (χ0v) is 8.98. The highest BCUT2D eigenvalue weighted by atomic mass is 35.6.